The Morgan fingerprint density at radius 2 is 1.64 bits per heavy atom. The molecule has 1 unspecified atom stereocenters. The Kier molecular flexibility index (Phi) is 3.58. The van der Waals surface area contributed by atoms with Crippen LogP contribution in [0.15, 0.2) is 24.3 Å². The normalized spacial score (nSPS) is 12.9. The number of hydrogen-bond acceptors (Lipinski definition) is 2. The third kappa shape index (κ3) is 2.51. The Balaban J connectivity index is 2.88. The van der Waals surface area contributed by atoms with E-state index in [2.05, 4.69) is 26.5 Å². The molecule has 1 amide bonds. The van der Waals surface area contributed by atoms with E-state index < -0.39 is 11.2 Å². The highest BCUT2D eigenvalue weighted by Gasteiger charge is 2.12. The fraction of sp³-hybridized carbons (Fsp3) is 0.364. The van der Waals surface area contributed by atoms with Crippen molar-refractivity contribution in [2.24, 2.45) is 5.73 Å². The first-order valence-electron chi connectivity index (χ1n) is 4.59. The number of carbonyl (C=O) groups is 1. The van der Waals surface area contributed by atoms with Gasteiger partial charge >= 0.3 is 0 Å². The molecule has 2 N–H and O–H groups in total. The third-order valence-electron chi connectivity index (χ3n) is 2.19. The fourth-order valence-corrected chi connectivity index (χ4v) is 1.40. The van der Waals surface area contributed by atoms with Gasteiger partial charge in [0, 0.05) is 0 Å². The van der Waals surface area contributed by atoms with Crippen LogP contribution in [0, 0.1) is 0 Å². The molecule has 1 aromatic rings. The molecule has 0 fully saturated rings. The minimum absolute atomic E-state index is 0.411. The second kappa shape index (κ2) is 4.51. The van der Waals surface area contributed by atoms with Crippen molar-refractivity contribution in [1.82, 2.24) is 0 Å². The summed E-state index contributed by atoms with van der Waals surface area (Å²) in [5.41, 5.74) is 7.25. The molecule has 2 nitrogen and oxygen atoms in total. The Labute approximate surface area is 89.9 Å². The van der Waals surface area contributed by atoms with E-state index in [1.807, 2.05) is 24.3 Å². The number of thiol groups is 1. The van der Waals surface area contributed by atoms with Gasteiger partial charge in [0.25, 0.3) is 0 Å². The van der Waals surface area contributed by atoms with Crippen LogP contribution in [-0.2, 0) is 4.79 Å². The minimum Gasteiger partial charge on any atom is -0.368 e. The summed E-state index contributed by atoms with van der Waals surface area (Å²) >= 11 is 4.13. The molecule has 0 aliphatic carbocycles. The molecule has 1 atom stereocenters. The lowest BCUT2D eigenvalue weighted by Crippen LogP contribution is -2.17. The van der Waals surface area contributed by atoms with Gasteiger partial charge in [-0.1, -0.05) is 38.1 Å². The van der Waals surface area contributed by atoms with E-state index in [0.717, 1.165) is 5.56 Å². The highest BCUT2D eigenvalue weighted by atomic mass is 32.1. The van der Waals surface area contributed by atoms with Gasteiger partial charge in [-0.2, -0.15) is 12.6 Å². The second-order valence-electron chi connectivity index (χ2n) is 3.63. The van der Waals surface area contributed by atoms with Crippen LogP contribution < -0.4 is 5.73 Å². The molecule has 76 valence electrons. The lowest BCUT2D eigenvalue weighted by atomic mass is 10.0. The first-order valence-corrected chi connectivity index (χ1v) is 5.11. The van der Waals surface area contributed by atoms with Crippen LogP contribution in [-0.4, -0.2) is 5.91 Å². The number of primary amides is 1. The van der Waals surface area contributed by atoms with E-state index in [9.17, 15) is 4.79 Å². The van der Waals surface area contributed by atoms with Crippen LogP contribution in [0.25, 0.3) is 0 Å². The van der Waals surface area contributed by atoms with Gasteiger partial charge < -0.3 is 5.73 Å². The summed E-state index contributed by atoms with van der Waals surface area (Å²) < 4.78 is 0. The van der Waals surface area contributed by atoms with Gasteiger partial charge in [-0.05, 0) is 17.0 Å². The maximum atomic E-state index is 10.9. The molecule has 1 rings (SSSR count). The number of nitrogens with two attached hydrogens (primary N) is 1. The highest BCUT2D eigenvalue weighted by Crippen LogP contribution is 2.22. The summed E-state index contributed by atoms with van der Waals surface area (Å²) in [7, 11) is 0. The average Bonchev–Trinajstić information content (AvgIpc) is 2.16. The van der Waals surface area contributed by atoms with Gasteiger partial charge in [-0.3, -0.25) is 4.79 Å². The maximum Gasteiger partial charge on any atom is 0.234 e. The summed E-state index contributed by atoms with van der Waals surface area (Å²) in [6.45, 7) is 4.25. The van der Waals surface area contributed by atoms with Crippen molar-refractivity contribution in [3.05, 3.63) is 35.4 Å². The molecule has 0 aliphatic heterocycles. The van der Waals surface area contributed by atoms with Gasteiger partial charge in [-0.15, -0.1) is 0 Å². The third-order valence-corrected chi connectivity index (χ3v) is 2.74. The lowest BCUT2D eigenvalue weighted by Gasteiger charge is -2.09. The number of rotatable bonds is 3. The van der Waals surface area contributed by atoms with Crippen molar-refractivity contribution in [1.29, 1.82) is 0 Å². The van der Waals surface area contributed by atoms with Gasteiger partial charge in [-0.25, -0.2) is 0 Å². The van der Waals surface area contributed by atoms with Crippen molar-refractivity contribution >= 4 is 18.5 Å². The zero-order chi connectivity index (χ0) is 10.7. The molecular formula is C11H15NOS. The molecule has 3 heteroatoms. The van der Waals surface area contributed by atoms with Gasteiger partial charge in [0.1, 0.15) is 5.25 Å². The summed E-state index contributed by atoms with van der Waals surface area (Å²) in [6, 6.07) is 7.81. The van der Waals surface area contributed by atoms with Crippen LogP contribution in [0.3, 0.4) is 0 Å². The van der Waals surface area contributed by atoms with Gasteiger partial charge in [0.2, 0.25) is 5.91 Å². The second-order valence-corrected chi connectivity index (χ2v) is 4.14. The standard InChI is InChI=1S/C11H15NOS/c1-7(2)8-3-5-9(6-4-8)10(14)11(12)13/h3-7,10,14H,1-2H3,(H2,12,13). The predicted octanol–water partition coefficient (Wildman–Crippen LogP) is 2.27. The number of benzene rings is 1. The monoisotopic (exact) mass is 209 g/mol. The molecule has 0 bridgehead atoms. The van der Waals surface area contributed by atoms with Crippen LogP contribution >= 0.6 is 12.6 Å². The average molecular weight is 209 g/mol. The van der Waals surface area contributed by atoms with E-state index in [0.29, 0.717) is 5.92 Å². The Bertz CT molecular complexity index is 319. The van der Waals surface area contributed by atoms with Crippen molar-refractivity contribution in [2.75, 3.05) is 0 Å². The molecule has 0 aliphatic rings. The maximum absolute atomic E-state index is 10.9. The largest absolute Gasteiger partial charge is 0.368 e. The molecule has 0 saturated carbocycles. The van der Waals surface area contributed by atoms with Crippen LogP contribution in [0.5, 0.6) is 0 Å². The van der Waals surface area contributed by atoms with Crippen LogP contribution in [0.4, 0.5) is 0 Å². The Hall–Kier alpha value is -0.960. The van der Waals surface area contributed by atoms with E-state index in [1.54, 1.807) is 0 Å². The molecule has 0 heterocycles. The summed E-state index contributed by atoms with van der Waals surface area (Å²) in [5, 5.41) is -0.504. The van der Waals surface area contributed by atoms with Gasteiger partial charge in [0.15, 0.2) is 0 Å². The van der Waals surface area contributed by atoms with Crippen molar-refractivity contribution in [3.63, 3.8) is 0 Å². The zero-order valence-electron chi connectivity index (χ0n) is 8.40. The molecule has 0 aromatic heterocycles. The topological polar surface area (TPSA) is 43.1 Å². The first kappa shape index (κ1) is 11.1. The first-order chi connectivity index (χ1) is 6.52. The molecule has 0 spiro atoms. The van der Waals surface area contributed by atoms with E-state index in [4.69, 9.17) is 5.73 Å². The molecule has 0 saturated heterocycles. The highest BCUT2D eigenvalue weighted by molar-refractivity contribution is 7.81. The van der Waals surface area contributed by atoms with Crippen LogP contribution in [0.1, 0.15) is 36.1 Å². The fourth-order valence-electron chi connectivity index (χ4n) is 1.23. The molecule has 0 radical (unpaired) electrons. The molecule has 1 aromatic carbocycles. The SMILES string of the molecule is CC(C)c1ccc(C(S)C(N)=O)cc1. The van der Waals surface area contributed by atoms with E-state index in [-0.39, 0.29) is 0 Å². The summed E-state index contributed by atoms with van der Waals surface area (Å²) in [6.07, 6.45) is 0. The minimum atomic E-state index is -0.504. The molecule has 14 heavy (non-hydrogen) atoms. The number of amides is 1. The number of carbonyl (C=O) groups excluding carboxylic acids is 1. The van der Waals surface area contributed by atoms with Crippen molar-refractivity contribution < 1.29 is 4.79 Å². The molecular weight excluding hydrogens is 194 g/mol. The predicted molar refractivity (Wildman–Crippen MR) is 61.5 cm³/mol. The Morgan fingerprint density at radius 3 is 2.00 bits per heavy atom. The van der Waals surface area contributed by atoms with Crippen LogP contribution in [0.2, 0.25) is 0 Å². The zero-order valence-corrected chi connectivity index (χ0v) is 9.29. The van der Waals surface area contributed by atoms with Crippen molar-refractivity contribution in [2.45, 2.75) is 25.0 Å². The van der Waals surface area contributed by atoms with Gasteiger partial charge in [0.05, 0.1) is 0 Å². The lowest BCUT2D eigenvalue weighted by molar-refractivity contribution is -0.117. The van der Waals surface area contributed by atoms with E-state index in [1.165, 1.54) is 5.56 Å². The summed E-state index contributed by atoms with van der Waals surface area (Å²) in [4.78, 5) is 10.9. The smallest absolute Gasteiger partial charge is 0.234 e. The van der Waals surface area contributed by atoms with Crippen molar-refractivity contribution in [3.8, 4) is 0 Å². The quantitative estimate of drug-likeness (QED) is 0.737. The van der Waals surface area contributed by atoms with E-state index >= 15 is 0 Å². The summed E-state index contributed by atoms with van der Waals surface area (Å²) in [5.74, 6) is 0.0848. The Morgan fingerprint density at radius 1 is 1.21 bits per heavy atom. The number of hydrogen-bond donors (Lipinski definition) is 2.